The normalized spacial score (nSPS) is 14.2. The van der Waals surface area contributed by atoms with Gasteiger partial charge in [0, 0.05) is 48.4 Å². The van der Waals surface area contributed by atoms with Gasteiger partial charge in [-0.2, -0.15) is 11.3 Å². The Hall–Kier alpha value is -2.38. The topological polar surface area (TPSA) is 70.7 Å². The molecule has 0 unspecified atom stereocenters. The van der Waals surface area contributed by atoms with Crippen LogP contribution in [0.1, 0.15) is 16.8 Å². The van der Waals surface area contributed by atoms with Crippen molar-refractivity contribution in [3.8, 4) is 0 Å². The van der Waals surface area contributed by atoms with Crippen LogP contribution in [0.4, 0.5) is 11.4 Å². The average molecular weight is 359 g/mol. The summed E-state index contributed by atoms with van der Waals surface area (Å²) in [5.41, 5.74) is 2.47. The molecule has 6 nitrogen and oxygen atoms in total. The Balaban J connectivity index is 1.46. The number of ether oxygens (including phenoxy) is 1. The van der Waals surface area contributed by atoms with Crippen LogP contribution in [0.5, 0.6) is 0 Å². The minimum absolute atomic E-state index is 0.121. The first-order valence-electron chi connectivity index (χ1n) is 8.25. The third-order valence-electron chi connectivity index (χ3n) is 3.93. The number of carbonyl (C=O) groups excluding carboxylic acids is 2. The van der Waals surface area contributed by atoms with Gasteiger partial charge in [-0.25, -0.2) is 0 Å². The Labute approximate surface area is 150 Å². The van der Waals surface area contributed by atoms with Crippen LogP contribution >= 0.6 is 11.3 Å². The summed E-state index contributed by atoms with van der Waals surface area (Å²) >= 11 is 1.47. The third kappa shape index (κ3) is 5.04. The summed E-state index contributed by atoms with van der Waals surface area (Å²) in [6.45, 7) is 3.46. The molecule has 132 valence electrons. The van der Waals surface area contributed by atoms with E-state index < -0.39 is 0 Å². The molecule has 2 aromatic rings. The number of anilines is 2. The van der Waals surface area contributed by atoms with Gasteiger partial charge in [-0.1, -0.05) is 6.07 Å². The highest BCUT2D eigenvalue weighted by Gasteiger charge is 2.12. The van der Waals surface area contributed by atoms with E-state index in [0.717, 1.165) is 37.7 Å². The molecule has 1 aromatic carbocycles. The van der Waals surface area contributed by atoms with E-state index in [1.54, 1.807) is 11.4 Å². The summed E-state index contributed by atoms with van der Waals surface area (Å²) in [5, 5.41) is 9.27. The molecule has 1 saturated heterocycles. The van der Waals surface area contributed by atoms with Crippen molar-refractivity contribution in [3.63, 3.8) is 0 Å². The monoisotopic (exact) mass is 359 g/mol. The maximum Gasteiger partial charge on any atom is 0.252 e. The number of benzene rings is 1. The zero-order chi connectivity index (χ0) is 17.5. The lowest BCUT2D eigenvalue weighted by atomic mass is 10.2. The molecule has 0 bridgehead atoms. The molecule has 0 spiro atoms. The summed E-state index contributed by atoms with van der Waals surface area (Å²) in [7, 11) is 0. The fourth-order valence-corrected chi connectivity index (χ4v) is 3.25. The number of hydrogen-bond donors (Lipinski definition) is 2. The van der Waals surface area contributed by atoms with Gasteiger partial charge < -0.3 is 20.3 Å². The van der Waals surface area contributed by atoms with Crippen molar-refractivity contribution in [1.82, 2.24) is 5.32 Å². The molecule has 1 aliphatic rings. The zero-order valence-corrected chi connectivity index (χ0v) is 14.7. The molecule has 3 rings (SSSR count). The Morgan fingerprint density at radius 3 is 2.80 bits per heavy atom. The lowest BCUT2D eigenvalue weighted by molar-refractivity contribution is -0.116. The molecule has 0 radical (unpaired) electrons. The summed E-state index contributed by atoms with van der Waals surface area (Å²) in [6.07, 6.45) is 0.234. The number of hydrogen-bond acceptors (Lipinski definition) is 5. The zero-order valence-electron chi connectivity index (χ0n) is 13.9. The predicted octanol–water partition coefficient (Wildman–Crippen LogP) is 2.34. The Kier molecular flexibility index (Phi) is 6.03. The minimum atomic E-state index is -0.150. The van der Waals surface area contributed by atoms with Gasteiger partial charge >= 0.3 is 0 Å². The van der Waals surface area contributed by atoms with Crippen LogP contribution in [-0.2, 0) is 9.53 Å². The van der Waals surface area contributed by atoms with Gasteiger partial charge in [-0.3, -0.25) is 9.59 Å². The summed E-state index contributed by atoms with van der Waals surface area (Å²) < 4.78 is 5.36. The second-order valence-corrected chi connectivity index (χ2v) is 6.50. The predicted molar refractivity (Wildman–Crippen MR) is 99.4 cm³/mol. The number of rotatable bonds is 6. The highest BCUT2D eigenvalue weighted by molar-refractivity contribution is 7.08. The van der Waals surface area contributed by atoms with E-state index in [2.05, 4.69) is 15.5 Å². The summed E-state index contributed by atoms with van der Waals surface area (Å²) in [4.78, 5) is 26.1. The van der Waals surface area contributed by atoms with Gasteiger partial charge in [0.05, 0.1) is 13.2 Å². The maximum atomic E-state index is 12.1. The second kappa shape index (κ2) is 8.64. The Bertz CT molecular complexity index is 712. The molecule has 2 N–H and O–H groups in total. The molecular formula is C18H21N3O3S. The largest absolute Gasteiger partial charge is 0.378 e. The van der Waals surface area contributed by atoms with Crippen LogP contribution < -0.4 is 15.5 Å². The number of thiophene rings is 1. The van der Waals surface area contributed by atoms with Crippen LogP contribution in [0.2, 0.25) is 0 Å². The first-order chi connectivity index (χ1) is 12.2. The Morgan fingerprint density at radius 1 is 1.20 bits per heavy atom. The van der Waals surface area contributed by atoms with Crippen molar-refractivity contribution >= 4 is 34.5 Å². The van der Waals surface area contributed by atoms with Crippen molar-refractivity contribution in [1.29, 1.82) is 0 Å². The molecular weight excluding hydrogens is 338 g/mol. The molecule has 2 amide bonds. The van der Waals surface area contributed by atoms with Crippen LogP contribution in [0.25, 0.3) is 0 Å². The van der Waals surface area contributed by atoms with Gasteiger partial charge in [0.2, 0.25) is 5.91 Å². The van der Waals surface area contributed by atoms with E-state index in [1.165, 1.54) is 11.3 Å². The van der Waals surface area contributed by atoms with Crippen molar-refractivity contribution in [2.24, 2.45) is 0 Å². The van der Waals surface area contributed by atoms with E-state index in [0.29, 0.717) is 12.1 Å². The van der Waals surface area contributed by atoms with E-state index >= 15 is 0 Å². The molecule has 1 aliphatic heterocycles. The molecule has 2 heterocycles. The fraction of sp³-hybridized carbons (Fsp3) is 0.333. The van der Waals surface area contributed by atoms with E-state index in [9.17, 15) is 9.59 Å². The number of morpholine rings is 1. The number of nitrogens with one attached hydrogen (secondary N) is 2. The second-order valence-electron chi connectivity index (χ2n) is 5.72. The molecule has 0 atom stereocenters. The minimum Gasteiger partial charge on any atom is -0.378 e. The Morgan fingerprint density at radius 2 is 2.04 bits per heavy atom. The van der Waals surface area contributed by atoms with Gasteiger partial charge in [-0.05, 0) is 29.6 Å². The van der Waals surface area contributed by atoms with Crippen LogP contribution in [0.15, 0.2) is 41.1 Å². The first-order valence-corrected chi connectivity index (χ1v) is 9.20. The quantitative estimate of drug-likeness (QED) is 0.831. The maximum absolute atomic E-state index is 12.1. The van der Waals surface area contributed by atoms with E-state index in [4.69, 9.17) is 4.74 Å². The standard InChI is InChI=1S/C18H21N3O3S/c22-17(4-6-19-18(23)14-5-11-25-13-14)20-15-2-1-3-16(12-15)21-7-9-24-10-8-21/h1-3,5,11-13H,4,6-10H2,(H,19,23)(H,20,22). The summed E-state index contributed by atoms with van der Waals surface area (Å²) in [5.74, 6) is -0.270. The molecule has 7 heteroatoms. The van der Waals surface area contributed by atoms with E-state index in [-0.39, 0.29) is 18.2 Å². The van der Waals surface area contributed by atoms with Crippen LogP contribution in [0, 0.1) is 0 Å². The number of amides is 2. The highest BCUT2D eigenvalue weighted by Crippen LogP contribution is 2.20. The SMILES string of the molecule is O=C(CCNC(=O)c1ccsc1)Nc1cccc(N2CCOCC2)c1. The summed E-state index contributed by atoms with van der Waals surface area (Å²) in [6, 6.07) is 9.55. The fourth-order valence-electron chi connectivity index (χ4n) is 2.61. The van der Waals surface area contributed by atoms with Gasteiger partial charge in [0.15, 0.2) is 0 Å². The van der Waals surface area contributed by atoms with Crippen LogP contribution in [0.3, 0.4) is 0 Å². The van der Waals surface area contributed by atoms with Crippen molar-refractivity contribution < 1.29 is 14.3 Å². The van der Waals surface area contributed by atoms with Gasteiger partial charge in [0.25, 0.3) is 5.91 Å². The van der Waals surface area contributed by atoms with Gasteiger partial charge in [0.1, 0.15) is 0 Å². The number of carbonyl (C=O) groups is 2. The molecule has 0 saturated carbocycles. The smallest absolute Gasteiger partial charge is 0.252 e. The van der Waals surface area contributed by atoms with Gasteiger partial charge in [-0.15, -0.1) is 0 Å². The van der Waals surface area contributed by atoms with Crippen molar-refractivity contribution in [2.45, 2.75) is 6.42 Å². The number of nitrogens with zero attached hydrogens (tertiary/aromatic N) is 1. The molecule has 1 fully saturated rings. The average Bonchev–Trinajstić information content (AvgIpc) is 3.17. The van der Waals surface area contributed by atoms with Crippen molar-refractivity contribution in [2.75, 3.05) is 43.1 Å². The third-order valence-corrected chi connectivity index (χ3v) is 4.61. The lowest BCUT2D eigenvalue weighted by Gasteiger charge is -2.29. The first kappa shape index (κ1) is 17.4. The van der Waals surface area contributed by atoms with E-state index in [1.807, 2.05) is 29.6 Å². The molecule has 1 aromatic heterocycles. The van der Waals surface area contributed by atoms with Crippen LogP contribution in [-0.4, -0.2) is 44.7 Å². The molecule has 0 aliphatic carbocycles. The van der Waals surface area contributed by atoms with Crippen molar-refractivity contribution in [3.05, 3.63) is 46.7 Å². The lowest BCUT2D eigenvalue weighted by Crippen LogP contribution is -2.36. The molecule has 25 heavy (non-hydrogen) atoms. The highest BCUT2D eigenvalue weighted by atomic mass is 32.1.